The lowest BCUT2D eigenvalue weighted by Gasteiger charge is -2.35. The molecule has 1 amide bonds. The maximum atomic E-state index is 12.8. The maximum Gasteiger partial charge on any atom is 0.417 e. The number of hydrogen-bond donors (Lipinski definition) is 0. The molecule has 23 heavy (non-hydrogen) atoms. The maximum absolute atomic E-state index is 12.8. The van der Waals surface area contributed by atoms with Crippen LogP contribution < -0.4 is 5.56 Å². The molecule has 5 nitrogen and oxygen atoms in total. The molecule has 0 bridgehead atoms. The second-order valence-corrected chi connectivity index (χ2v) is 5.97. The summed E-state index contributed by atoms with van der Waals surface area (Å²) < 4.78 is 44.5. The van der Waals surface area contributed by atoms with E-state index >= 15 is 0 Å². The van der Waals surface area contributed by atoms with Gasteiger partial charge in [0.1, 0.15) is 11.6 Å². The molecule has 0 spiro atoms. The predicted octanol–water partition coefficient (Wildman–Crippen LogP) is 2.16. The quantitative estimate of drug-likeness (QED) is 0.819. The van der Waals surface area contributed by atoms with Gasteiger partial charge in [-0.3, -0.25) is 9.59 Å². The van der Waals surface area contributed by atoms with Gasteiger partial charge >= 0.3 is 6.18 Å². The van der Waals surface area contributed by atoms with Gasteiger partial charge < -0.3 is 14.2 Å². The first-order chi connectivity index (χ1) is 10.6. The van der Waals surface area contributed by atoms with Gasteiger partial charge in [-0.2, -0.15) is 13.2 Å². The molecule has 0 aromatic carbocycles. The van der Waals surface area contributed by atoms with Gasteiger partial charge in [-0.25, -0.2) is 0 Å². The monoisotopic (exact) mass is 352 g/mol. The van der Waals surface area contributed by atoms with Gasteiger partial charge in [0.15, 0.2) is 0 Å². The SMILES string of the molecule is C[C@H]1CN(C(=O)Cn2cc(C(F)(F)F)cc(Cl)c2=O)C[C@H](C)O1. The summed E-state index contributed by atoms with van der Waals surface area (Å²) in [6.45, 7) is 3.74. The van der Waals surface area contributed by atoms with Crippen LogP contribution in [0.1, 0.15) is 19.4 Å². The largest absolute Gasteiger partial charge is 0.417 e. The molecule has 0 unspecified atom stereocenters. The lowest BCUT2D eigenvalue weighted by molar-refractivity contribution is -0.144. The van der Waals surface area contributed by atoms with E-state index in [1.54, 1.807) is 13.8 Å². The number of morpholine rings is 1. The first-order valence-electron chi connectivity index (χ1n) is 6.98. The first-order valence-corrected chi connectivity index (χ1v) is 7.36. The third-order valence-corrected chi connectivity index (χ3v) is 3.72. The van der Waals surface area contributed by atoms with E-state index in [1.807, 2.05) is 0 Å². The molecule has 1 aliphatic heterocycles. The summed E-state index contributed by atoms with van der Waals surface area (Å²) in [6, 6.07) is 0.559. The smallest absolute Gasteiger partial charge is 0.372 e. The Hall–Kier alpha value is -1.54. The van der Waals surface area contributed by atoms with E-state index in [2.05, 4.69) is 0 Å². The van der Waals surface area contributed by atoms with E-state index in [-0.39, 0.29) is 12.2 Å². The molecular formula is C14H16ClF3N2O3. The van der Waals surface area contributed by atoms with Crippen LogP contribution in [0, 0.1) is 0 Å². The van der Waals surface area contributed by atoms with Crippen molar-refractivity contribution >= 4 is 17.5 Å². The molecule has 128 valence electrons. The fourth-order valence-electron chi connectivity index (χ4n) is 2.50. The second kappa shape index (κ2) is 6.52. The van der Waals surface area contributed by atoms with Crippen molar-refractivity contribution in [1.29, 1.82) is 0 Å². The fourth-order valence-corrected chi connectivity index (χ4v) is 2.73. The highest BCUT2D eigenvalue weighted by molar-refractivity contribution is 6.30. The van der Waals surface area contributed by atoms with Crippen molar-refractivity contribution in [2.24, 2.45) is 0 Å². The summed E-state index contributed by atoms with van der Waals surface area (Å²) in [7, 11) is 0. The number of alkyl halides is 3. The highest BCUT2D eigenvalue weighted by Crippen LogP contribution is 2.29. The van der Waals surface area contributed by atoms with Crippen LogP contribution in [-0.2, 0) is 22.3 Å². The van der Waals surface area contributed by atoms with Gasteiger partial charge in [0.2, 0.25) is 5.91 Å². The summed E-state index contributed by atoms with van der Waals surface area (Å²) in [5.74, 6) is -0.454. The molecule has 0 aliphatic carbocycles. The van der Waals surface area contributed by atoms with Gasteiger partial charge in [0, 0.05) is 19.3 Å². The molecule has 2 heterocycles. The van der Waals surface area contributed by atoms with Crippen LogP contribution in [0.15, 0.2) is 17.1 Å². The van der Waals surface area contributed by atoms with Gasteiger partial charge in [0.05, 0.1) is 17.8 Å². The minimum atomic E-state index is -4.65. The number of nitrogens with zero attached hydrogens (tertiary/aromatic N) is 2. The molecule has 2 atom stereocenters. The summed E-state index contributed by atoms with van der Waals surface area (Å²) in [6.07, 6.45) is -4.39. The Bertz CT molecular complexity index is 650. The first kappa shape index (κ1) is 17.8. The molecule has 1 fully saturated rings. The standard InChI is InChI=1S/C14H16ClF3N2O3/c1-8-4-19(5-9(2)23-8)12(21)7-20-6-10(14(16,17)18)3-11(15)13(20)22/h3,6,8-9H,4-5,7H2,1-2H3/t8-,9-/m0/s1. The Morgan fingerprint density at radius 2 is 1.91 bits per heavy atom. The van der Waals surface area contributed by atoms with Crippen molar-refractivity contribution in [2.75, 3.05) is 13.1 Å². The number of carbonyl (C=O) groups excluding carboxylic acids is 1. The lowest BCUT2D eigenvalue weighted by Crippen LogP contribution is -2.49. The zero-order valence-corrected chi connectivity index (χ0v) is 13.3. The van der Waals surface area contributed by atoms with E-state index in [0.29, 0.717) is 29.9 Å². The zero-order valence-electron chi connectivity index (χ0n) is 12.6. The van der Waals surface area contributed by atoms with Crippen molar-refractivity contribution in [3.05, 3.63) is 33.2 Å². The van der Waals surface area contributed by atoms with Crippen LogP contribution in [0.2, 0.25) is 5.02 Å². The molecule has 0 radical (unpaired) electrons. The molecule has 1 aromatic heterocycles. The van der Waals surface area contributed by atoms with Crippen LogP contribution in [-0.4, -0.2) is 40.7 Å². The van der Waals surface area contributed by atoms with Crippen molar-refractivity contribution < 1.29 is 22.7 Å². The third kappa shape index (κ3) is 4.26. The summed E-state index contributed by atoms with van der Waals surface area (Å²) in [5.41, 5.74) is -1.90. The lowest BCUT2D eigenvalue weighted by atomic mass is 10.2. The number of aromatic nitrogens is 1. The Balaban J connectivity index is 2.24. The second-order valence-electron chi connectivity index (χ2n) is 5.56. The van der Waals surface area contributed by atoms with E-state index < -0.39 is 34.8 Å². The van der Waals surface area contributed by atoms with Gasteiger partial charge in [-0.05, 0) is 19.9 Å². The third-order valence-electron chi connectivity index (χ3n) is 3.45. The van der Waals surface area contributed by atoms with E-state index in [1.165, 1.54) is 4.90 Å². The number of pyridine rings is 1. The Morgan fingerprint density at radius 3 is 2.43 bits per heavy atom. The highest BCUT2D eigenvalue weighted by atomic mass is 35.5. The normalized spacial score (nSPS) is 22.3. The van der Waals surface area contributed by atoms with Crippen LogP contribution in [0.25, 0.3) is 0 Å². The Labute approximate surface area is 135 Å². The molecule has 1 saturated heterocycles. The fraction of sp³-hybridized carbons (Fsp3) is 0.571. The Kier molecular flexibility index (Phi) is 5.05. The number of hydrogen-bond acceptors (Lipinski definition) is 3. The molecule has 0 saturated carbocycles. The molecule has 1 aromatic rings. The van der Waals surface area contributed by atoms with Crippen LogP contribution in [0.3, 0.4) is 0 Å². The molecule has 2 rings (SSSR count). The summed E-state index contributed by atoms with van der Waals surface area (Å²) in [5, 5.41) is -0.573. The molecule has 9 heteroatoms. The Morgan fingerprint density at radius 1 is 1.35 bits per heavy atom. The molecular weight excluding hydrogens is 337 g/mol. The van der Waals surface area contributed by atoms with Crippen LogP contribution >= 0.6 is 11.6 Å². The van der Waals surface area contributed by atoms with E-state index in [0.717, 1.165) is 0 Å². The topological polar surface area (TPSA) is 51.5 Å². The van der Waals surface area contributed by atoms with Crippen molar-refractivity contribution in [1.82, 2.24) is 9.47 Å². The minimum Gasteiger partial charge on any atom is -0.372 e. The number of rotatable bonds is 2. The van der Waals surface area contributed by atoms with Gasteiger partial charge in [0.25, 0.3) is 5.56 Å². The van der Waals surface area contributed by atoms with Crippen molar-refractivity contribution in [3.63, 3.8) is 0 Å². The average Bonchev–Trinajstić information content (AvgIpc) is 2.41. The summed E-state index contributed by atoms with van der Waals surface area (Å²) >= 11 is 5.56. The predicted molar refractivity (Wildman–Crippen MR) is 77.3 cm³/mol. The zero-order chi connectivity index (χ0) is 17.4. The van der Waals surface area contributed by atoms with E-state index in [4.69, 9.17) is 16.3 Å². The van der Waals surface area contributed by atoms with E-state index in [9.17, 15) is 22.8 Å². The number of carbonyl (C=O) groups is 1. The van der Waals surface area contributed by atoms with Crippen molar-refractivity contribution in [2.45, 2.75) is 38.8 Å². The summed E-state index contributed by atoms with van der Waals surface area (Å²) in [4.78, 5) is 25.6. The van der Waals surface area contributed by atoms with Crippen LogP contribution in [0.4, 0.5) is 13.2 Å². The van der Waals surface area contributed by atoms with Gasteiger partial charge in [-0.1, -0.05) is 11.6 Å². The molecule has 1 aliphatic rings. The highest BCUT2D eigenvalue weighted by Gasteiger charge is 2.33. The number of halogens is 4. The van der Waals surface area contributed by atoms with Crippen LogP contribution in [0.5, 0.6) is 0 Å². The van der Waals surface area contributed by atoms with Gasteiger partial charge in [-0.15, -0.1) is 0 Å². The average molecular weight is 353 g/mol. The number of amides is 1. The van der Waals surface area contributed by atoms with Crippen molar-refractivity contribution in [3.8, 4) is 0 Å². The minimum absolute atomic E-state index is 0.176. The number of ether oxygens (including phenoxy) is 1. The molecule has 0 N–H and O–H groups in total.